The van der Waals surface area contributed by atoms with Crippen LogP contribution in [0.2, 0.25) is 0 Å². The number of furan rings is 1. The third-order valence-electron chi connectivity index (χ3n) is 2.67. The molecule has 0 aliphatic heterocycles. The standard InChI is InChI=1S/C13H15NO3S/c1-2-18(15,16)13-5-3-12(4-6-13)14-9-11-7-8-17-10-11/h3-8,10,14H,2,9H2,1H3. The molecule has 1 aromatic heterocycles. The van der Waals surface area contributed by atoms with Gasteiger partial charge in [0.25, 0.3) is 0 Å². The molecule has 18 heavy (non-hydrogen) atoms. The first kappa shape index (κ1) is 12.7. The van der Waals surface area contributed by atoms with Crippen molar-refractivity contribution >= 4 is 15.5 Å². The van der Waals surface area contributed by atoms with Gasteiger partial charge >= 0.3 is 0 Å². The molecular formula is C13H15NO3S. The fourth-order valence-electron chi connectivity index (χ4n) is 1.54. The van der Waals surface area contributed by atoms with Crippen molar-refractivity contribution in [2.45, 2.75) is 18.4 Å². The van der Waals surface area contributed by atoms with Gasteiger partial charge in [0.05, 0.1) is 23.2 Å². The summed E-state index contributed by atoms with van der Waals surface area (Å²) in [4.78, 5) is 0.360. The molecule has 0 spiro atoms. The highest BCUT2D eigenvalue weighted by atomic mass is 32.2. The van der Waals surface area contributed by atoms with Crippen LogP contribution in [0.25, 0.3) is 0 Å². The van der Waals surface area contributed by atoms with Crippen LogP contribution in [-0.2, 0) is 16.4 Å². The lowest BCUT2D eigenvalue weighted by Gasteiger charge is -2.06. The van der Waals surface area contributed by atoms with Gasteiger partial charge in [-0.05, 0) is 30.3 Å². The van der Waals surface area contributed by atoms with Gasteiger partial charge in [0.15, 0.2) is 9.84 Å². The number of benzene rings is 1. The smallest absolute Gasteiger partial charge is 0.178 e. The molecule has 0 aliphatic carbocycles. The van der Waals surface area contributed by atoms with Crippen LogP contribution in [-0.4, -0.2) is 14.2 Å². The fraction of sp³-hybridized carbons (Fsp3) is 0.231. The molecule has 0 unspecified atom stereocenters. The Balaban J connectivity index is 2.04. The van der Waals surface area contributed by atoms with Gasteiger partial charge < -0.3 is 9.73 Å². The first-order valence-electron chi connectivity index (χ1n) is 5.69. The summed E-state index contributed by atoms with van der Waals surface area (Å²) >= 11 is 0. The van der Waals surface area contributed by atoms with Crippen LogP contribution in [0, 0.1) is 0 Å². The third-order valence-corrected chi connectivity index (χ3v) is 4.42. The van der Waals surface area contributed by atoms with Crippen molar-refractivity contribution < 1.29 is 12.8 Å². The van der Waals surface area contributed by atoms with E-state index in [0.29, 0.717) is 11.4 Å². The van der Waals surface area contributed by atoms with E-state index in [1.54, 1.807) is 43.7 Å². The molecule has 96 valence electrons. The Kier molecular flexibility index (Phi) is 3.72. The van der Waals surface area contributed by atoms with Crippen LogP contribution in [0.15, 0.2) is 52.2 Å². The number of rotatable bonds is 5. The monoisotopic (exact) mass is 265 g/mol. The maximum Gasteiger partial charge on any atom is 0.178 e. The highest BCUT2D eigenvalue weighted by Crippen LogP contribution is 2.16. The molecule has 0 saturated heterocycles. The van der Waals surface area contributed by atoms with Crippen molar-refractivity contribution in [2.24, 2.45) is 0 Å². The van der Waals surface area contributed by atoms with Gasteiger partial charge in [-0.3, -0.25) is 0 Å². The average molecular weight is 265 g/mol. The zero-order valence-corrected chi connectivity index (χ0v) is 10.9. The highest BCUT2D eigenvalue weighted by Gasteiger charge is 2.10. The Morgan fingerprint density at radius 3 is 2.44 bits per heavy atom. The minimum absolute atomic E-state index is 0.120. The third kappa shape index (κ3) is 2.92. The number of hydrogen-bond donors (Lipinski definition) is 1. The van der Waals surface area contributed by atoms with Crippen molar-refractivity contribution in [3.63, 3.8) is 0 Å². The molecule has 0 aliphatic rings. The summed E-state index contributed by atoms with van der Waals surface area (Å²) < 4.78 is 28.2. The molecule has 0 atom stereocenters. The lowest BCUT2D eigenvalue weighted by atomic mass is 10.3. The van der Waals surface area contributed by atoms with E-state index in [-0.39, 0.29) is 5.75 Å². The molecule has 0 radical (unpaired) electrons. The number of nitrogens with one attached hydrogen (secondary N) is 1. The summed E-state index contributed by atoms with van der Waals surface area (Å²) in [5.74, 6) is 0.120. The number of hydrogen-bond acceptors (Lipinski definition) is 4. The molecule has 4 nitrogen and oxygen atoms in total. The van der Waals surface area contributed by atoms with Gasteiger partial charge in [-0.2, -0.15) is 0 Å². The van der Waals surface area contributed by atoms with Crippen LogP contribution in [0.4, 0.5) is 5.69 Å². The fourth-order valence-corrected chi connectivity index (χ4v) is 2.43. The second kappa shape index (κ2) is 5.27. The van der Waals surface area contributed by atoms with Crippen molar-refractivity contribution in [1.82, 2.24) is 0 Å². The Hall–Kier alpha value is -1.75. The van der Waals surface area contributed by atoms with Crippen LogP contribution in [0.5, 0.6) is 0 Å². The molecule has 0 saturated carbocycles. The Morgan fingerprint density at radius 1 is 1.17 bits per heavy atom. The van der Waals surface area contributed by atoms with Crippen LogP contribution in [0.1, 0.15) is 12.5 Å². The summed E-state index contributed by atoms with van der Waals surface area (Å²) in [6.07, 6.45) is 3.29. The summed E-state index contributed by atoms with van der Waals surface area (Å²) in [5, 5.41) is 3.19. The largest absolute Gasteiger partial charge is 0.472 e. The van der Waals surface area contributed by atoms with E-state index >= 15 is 0 Å². The molecule has 0 amide bonds. The molecule has 5 heteroatoms. The van der Waals surface area contributed by atoms with Crippen molar-refractivity contribution in [1.29, 1.82) is 0 Å². The summed E-state index contributed by atoms with van der Waals surface area (Å²) in [5.41, 5.74) is 1.92. The van der Waals surface area contributed by atoms with Crippen molar-refractivity contribution in [3.05, 3.63) is 48.4 Å². The molecule has 1 N–H and O–H groups in total. The van der Waals surface area contributed by atoms with E-state index in [1.165, 1.54) is 0 Å². The van der Waals surface area contributed by atoms with Gasteiger partial charge in [-0.15, -0.1) is 0 Å². The van der Waals surface area contributed by atoms with Gasteiger partial charge in [-0.1, -0.05) is 6.92 Å². The summed E-state index contributed by atoms with van der Waals surface area (Å²) in [6.45, 7) is 2.29. The summed E-state index contributed by atoms with van der Waals surface area (Å²) in [7, 11) is -3.12. The quantitative estimate of drug-likeness (QED) is 0.903. The van der Waals surface area contributed by atoms with Gasteiger partial charge in [0, 0.05) is 17.8 Å². The van der Waals surface area contributed by atoms with Gasteiger partial charge in [-0.25, -0.2) is 8.42 Å². The van der Waals surface area contributed by atoms with E-state index < -0.39 is 9.84 Å². The van der Waals surface area contributed by atoms with Gasteiger partial charge in [0.1, 0.15) is 0 Å². The van der Waals surface area contributed by atoms with Gasteiger partial charge in [0.2, 0.25) is 0 Å². The molecule has 1 heterocycles. The predicted molar refractivity (Wildman–Crippen MR) is 70.2 cm³/mol. The van der Waals surface area contributed by atoms with E-state index in [4.69, 9.17) is 4.42 Å². The molecule has 0 fully saturated rings. The van der Waals surface area contributed by atoms with Crippen molar-refractivity contribution in [3.8, 4) is 0 Å². The minimum Gasteiger partial charge on any atom is -0.472 e. The van der Waals surface area contributed by atoms with E-state index in [1.807, 2.05) is 6.07 Å². The van der Waals surface area contributed by atoms with E-state index in [0.717, 1.165) is 11.3 Å². The van der Waals surface area contributed by atoms with E-state index in [9.17, 15) is 8.42 Å². The zero-order chi connectivity index (χ0) is 13.0. The van der Waals surface area contributed by atoms with Crippen molar-refractivity contribution in [2.75, 3.05) is 11.1 Å². The average Bonchev–Trinajstić information content (AvgIpc) is 2.90. The number of sulfone groups is 1. The van der Waals surface area contributed by atoms with Crippen LogP contribution >= 0.6 is 0 Å². The highest BCUT2D eigenvalue weighted by molar-refractivity contribution is 7.91. The zero-order valence-electron chi connectivity index (χ0n) is 10.1. The molecule has 2 rings (SSSR count). The molecule has 1 aromatic carbocycles. The predicted octanol–water partition coefficient (Wildman–Crippen LogP) is 2.69. The minimum atomic E-state index is -3.12. The lowest BCUT2D eigenvalue weighted by Crippen LogP contribution is -2.04. The number of anilines is 1. The van der Waals surface area contributed by atoms with Crippen LogP contribution < -0.4 is 5.32 Å². The SMILES string of the molecule is CCS(=O)(=O)c1ccc(NCc2ccoc2)cc1. The molecule has 0 bridgehead atoms. The summed E-state index contributed by atoms with van der Waals surface area (Å²) in [6, 6.07) is 8.65. The van der Waals surface area contributed by atoms with Crippen LogP contribution in [0.3, 0.4) is 0 Å². The second-order valence-electron chi connectivity index (χ2n) is 3.91. The maximum absolute atomic E-state index is 11.6. The Bertz CT molecular complexity index is 586. The molecular weight excluding hydrogens is 250 g/mol. The molecule has 2 aromatic rings. The maximum atomic E-state index is 11.6. The lowest BCUT2D eigenvalue weighted by molar-refractivity contribution is 0.564. The Labute approximate surface area is 107 Å². The first-order chi connectivity index (χ1) is 8.62. The normalized spacial score (nSPS) is 11.4. The second-order valence-corrected chi connectivity index (χ2v) is 6.19. The van der Waals surface area contributed by atoms with E-state index in [2.05, 4.69) is 5.32 Å². The Morgan fingerprint density at radius 2 is 1.89 bits per heavy atom. The topological polar surface area (TPSA) is 59.3 Å². The first-order valence-corrected chi connectivity index (χ1v) is 7.35.